The number of nitrogens with one attached hydrogen (secondary N) is 2. The number of rotatable bonds is 2. The number of aryl methyl sites for hydroxylation is 1. The maximum atomic E-state index is 12.3. The summed E-state index contributed by atoms with van der Waals surface area (Å²) in [5.74, 6) is 0.179. The van der Waals surface area contributed by atoms with E-state index in [9.17, 15) is 4.79 Å². The summed E-state index contributed by atoms with van der Waals surface area (Å²) < 4.78 is 3.02. The Kier molecular flexibility index (Phi) is 3.51. The Morgan fingerprint density at radius 3 is 2.96 bits per heavy atom. The molecular weight excluding hydrogens is 360 g/mol. The van der Waals surface area contributed by atoms with E-state index in [2.05, 4.69) is 25.6 Å². The zero-order valence-electron chi connectivity index (χ0n) is 14.3. The Balaban J connectivity index is 1.43. The molecule has 4 aromatic rings. The molecule has 0 spiro atoms. The highest BCUT2D eigenvalue weighted by atomic mass is 32.1. The molecule has 27 heavy (non-hydrogen) atoms. The molecule has 5 rings (SSSR count). The molecular formula is C19H14N6OS. The molecule has 0 unspecified atom stereocenters. The molecule has 2 N–H and O–H groups in total. The topological polar surface area (TPSA) is 84.2 Å². The highest BCUT2D eigenvalue weighted by Gasteiger charge is 2.20. The summed E-state index contributed by atoms with van der Waals surface area (Å²) in [6, 6.07) is 11.7. The zero-order chi connectivity index (χ0) is 18.4. The minimum Gasteiger partial charge on any atom is -0.334 e. The number of hydrogen-bond acceptors (Lipinski definition) is 6. The number of thiazole rings is 1. The molecule has 0 radical (unpaired) electrons. The van der Waals surface area contributed by atoms with Crippen molar-refractivity contribution < 1.29 is 4.79 Å². The van der Waals surface area contributed by atoms with Crippen molar-refractivity contribution >= 4 is 56.2 Å². The van der Waals surface area contributed by atoms with Crippen molar-refractivity contribution in [1.29, 1.82) is 0 Å². The van der Waals surface area contributed by atoms with Crippen molar-refractivity contribution in [1.82, 2.24) is 19.9 Å². The zero-order valence-corrected chi connectivity index (χ0v) is 15.1. The number of guanidine groups is 1. The fourth-order valence-electron chi connectivity index (χ4n) is 2.99. The van der Waals surface area contributed by atoms with E-state index in [0.717, 1.165) is 32.5 Å². The average Bonchev–Trinajstić information content (AvgIpc) is 3.35. The van der Waals surface area contributed by atoms with Crippen LogP contribution in [0.5, 0.6) is 0 Å². The second kappa shape index (κ2) is 6.03. The minimum absolute atomic E-state index is 0.235. The third-order valence-electron chi connectivity index (χ3n) is 4.34. The van der Waals surface area contributed by atoms with Crippen LogP contribution in [0, 0.1) is 0 Å². The summed E-state index contributed by atoms with van der Waals surface area (Å²) in [4.78, 5) is 25.2. The maximum absolute atomic E-state index is 12.3. The second-order valence-corrected chi connectivity index (χ2v) is 7.09. The third-order valence-corrected chi connectivity index (χ3v) is 5.14. The molecule has 132 valence electrons. The van der Waals surface area contributed by atoms with Crippen molar-refractivity contribution in [2.24, 2.45) is 12.0 Å². The van der Waals surface area contributed by atoms with E-state index in [1.807, 2.05) is 53.5 Å². The van der Waals surface area contributed by atoms with Crippen LogP contribution >= 0.6 is 11.3 Å². The van der Waals surface area contributed by atoms with Crippen molar-refractivity contribution in [3.63, 3.8) is 0 Å². The van der Waals surface area contributed by atoms with Gasteiger partial charge >= 0.3 is 0 Å². The van der Waals surface area contributed by atoms with Gasteiger partial charge in [-0.25, -0.2) is 15.0 Å². The SMILES string of the molecule is Cn1cnc2ccc(/C=C3\N=C(Nc4ccc5ncsc5c4)NC3=O)cc21. The number of carbonyl (C=O) groups excluding carboxylic acids is 1. The van der Waals surface area contributed by atoms with E-state index in [0.29, 0.717) is 11.7 Å². The molecule has 1 aliphatic heterocycles. The first kappa shape index (κ1) is 15.7. The van der Waals surface area contributed by atoms with Crippen LogP contribution in [-0.4, -0.2) is 26.4 Å². The van der Waals surface area contributed by atoms with E-state index in [-0.39, 0.29) is 5.91 Å². The monoisotopic (exact) mass is 374 g/mol. The number of aliphatic imine (C=N–C) groups is 1. The average molecular weight is 374 g/mol. The van der Waals surface area contributed by atoms with Gasteiger partial charge < -0.3 is 9.88 Å². The summed E-state index contributed by atoms with van der Waals surface area (Å²) >= 11 is 1.57. The van der Waals surface area contributed by atoms with E-state index in [4.69, 9.17) is 0 Å². The lowest BCUT2D eigenvalue weighted by Gasteiger charge is -2.04. The van der Waals surface area contributed by atoms with Gasteiger partial charge in [0.05, 0.1) is 33.1 Å². The minimum atomic E-state index is -0.235. The van der Waals surface area contributed by atoms with Gasteiger partial charge in [-0.1, -0.05) is 6.07 Å². The predicted octanol–water partition coefficient (Wildman–Crippen LogP) is 3.12. The number of amides is 1. The first-order valence-electron chi connectivity index (χ1n) is 8.29. The van der Waals surface area contributed by atoms with Crippen LogP contribution in [0.1, 0.15) is 5.56 Å². The van der Waals surface area contributed by atoms with Crippen LogP contribution in [0.3, 0.4) is 0 Å². The van der Waals surface area contributed by atoms with E-state index < -0.39 is 0 Å². The van der Waals surface area contributed by atoms with Gasteiger partial charge in [0.15, 0.2) is 0 Å². The van der Waals surface area contributed by atoms with Crippen LogP contribution in [0.4, 0.5) is 5.69 Å². The molecule has 1 amide bonds. The molecule has 7 nitrogen and oxygen atoms in total. The van der Waals surface area contributed by atoms with Gasteiger partial charge in [-0.05, 0) is 42.0 Å². The lowest BCUT2D eigenvalue weighted by atomic mass is 10.1. The Morgan fingerprint density at radius 2 is 2.04 bits per heavy atom. The standard InChI is InChI=1S/C19H14N6OS/c1-25-9-20-13-4-2-11(7-16(13)25)6-15-18(26)24-19(23-15)22-12-3-5-14-17(8-12)27-10-21-14/h2-10H,1H3,(H2,22,23,24,26)/b15-6-. The van der Waals surface area contributed by atoms with Crippen molar-refractivity contribution in [2.45, 2.75) is 0 Å². The van der Waals surface area contributed by atoms with E-state index in [1.54, 1.807) is 23.7 Å². The number of nitrogens with zero attached hydrogens (tertiary/aromatic N) is 4. The molecule has 2 aromatic carbocycles. The Morgan fingerprint density at radius 1 is 1.15 bits per heavy atom. The number of carbonyl (C=O) groups is 1. The Bertz CT molecular complexity index is 1270. The molecule has 3 heterocycles. The lowest BCUT2D eigenvalue weighted by Crippen LogP contribution is -2.29. The van der Waals surface area contributed by atoms with Crippen LogP contribution < -0.4 is 10.6 Å². The summed E-state index contributed by atoms with van der Waals surface area (Å²) in [7, 11) is 1.94. The summed E-state index contributed by atoms with van der Waals surface area (Å²) in [5, 5.41) is 5.91. The van der Waals surface area contributed by atoms with Gasteiger partial charge in [-0.2, -0.15) is 0 Å². The van der Waals surface area contributed by atoms with Gasteiger partial charge in [0.25, 0.3) is 5.91 Å². The Hall–Kier alpha value is -3.52. The number of anilines is 1. The second-order valence-electron chi connectivity index (χ2n) is 6.21. The largest absolute Gasteiger partial charge is 0.334 e. The van der Waals surface area contributed by atoms with Crippen molar-refractivity contribution in [3.8, 4) is 0 Å². The number of fused-ring (bicyclic) bond motifs is 2. The summed E-state index contributed by atoms with van der Waals surface area (Å²) in [6.07, 6.45) is 3.53. The van der Waals surface area contributed by atoms with Crippen molar-refractivity contribution in [2.75, 3.05) is 5.32 Å². The number of aromatic nitrogens is 3. The quantitative estimate of drug-likeness (QED) is 0.528. The van der Waals surface area contributed by atoms with Gasteiger partial charge in [0.2, 0.25) is 5.96 Å². The summed E-state index contributed by atoms with van der Waals surface area (Å²) in [6.45, 7) is 0. The third kappa shape index (κ3) is 2.85. The first-order valence-corrected chi connectivity index (χ1v) is 9.17. The van der Waals surface area contributed by atoms with Crippen molar-refractivity contribution in [3.05, 3.63) is 59.5 Å². The first-order chi connectivity index (χ1) is 13.2. The Labute approximate surface area is 158 Å². The number of hydrogen-bond donors (Lipinski definition) is 2. The van der Waals surface area contributed by atoms with Gasteiger partial charge in [-0.15, -0.1) is 11.3 Å². The molecule has 1 aliphatic rings. The normalized spacial score (nSPS) is 15.5. The molecule has 0 aliphatic carbocycles. The van der Waals surface area contributed by atoms with E-state index >= 15 is 0 Å². The fourth-order valence-corrected chi connectivity index (χ4v) is 3.70. The molecule has 0 saturated heterocycles. The number of imidazole rings is 1. The molecule has 2 aromatic heterocycles. The van der Waals surface area contributed by atoms with Gasteiger partial charge in [-0.3, -0.25) is 10.1 Å². The van der Waals surface area contributed by atoms with Crippen LogP contribution in [0.15, 0.2) is 58.9 Å². The van der Waals surface area contributed by atoms with Crippen LogP contribution in [0.25, 0.3) is 27.3 Å². The molecule has 0 atom stereocenters. The maximum Gasteiger partial charge on any atom is 0.276 e. The molecule has 0 bridgehead atoms. The van der Waals surface area contributed by atoms with E-state index in [1.165, 1.54) is 0 Å². The van der Waals surface area contributed by atoms with Crippen LogP contribution in [0.2, 0.25) is 0 Å². The lowest BCUT2D eigenvalue weighted by molar-refractivity contribution is -0.115. The predicted molar refractivity (Wildman–Crippen MR) is 108 cm³/mol. The van der Waals surface area contributed by atoms with Crippen LogP contribution in [-0.2, 0) is 11.8 Å². The van der Waals surface area contributed by atoms with Gasteiger partial charge in [0.1, 0.15) is 5.70 Å². The molecule has 0 saturated carbocycles. The highest BCUT2D eigenvalue weighted by molar-refractivity contribution is 7.16. The fraction of sp³-hybridized carbons (Fsp3) is 0.0526. The summed E-state index contributed by atoms with van der Waals surface area (Å²) in [5.41, 5.74) is 6.79. The smallest absolute Gasteiger partial charge is 0.276 e. The highest BCUT2D eigenvalue weighted by Crippen LogP contribution is 2.23. The molecule has 0 fully saturated rings. The van der Waals surface area contributed by atoms with Gasteiger partial charge in [0, 0.05) is 12.7 Å². The number of benzene rings is 2. The molecule has 8 heteroatoms.